The zero-order chi connectivity index (χ0) is 21.9. The van der Waals surface area contributed by atoms with E-state index in [1.54, 1.807) is 50.4 Å². The molecule has 0 unspecified atom stereocenters. The van der Waals surface area contributed by atoms with Crippen molar-refractivity contribution in [1.82, 2.24) is 4.90 Å². The third-order valence-electron chi connectivity index (χ3n) is 4.43. The summed E-state index contributed by atoms with van der Waals surface area (Å²) in [6.07, 6.45) is 1.68. The maximum atomic E-state index is 12.8. The van der Waals surface area contributed by atoms with Crippen LogP contribution in [0.5, 0.6) is 11.5 Å². The number of rotatable bonds is 6. The molecule has 2 aromatic carbocycles. The van der Waals surface area contributed by atoms with Gasteiger partial charge in [0.25, 0.3) is 15.9 Å². The van der Waals surface area contributed by atoms with Gasteiger partial charge in [-0.3, -0.25) is 9.69 Å². The molecular formula is C21H22N2O5S2. The summed E-state index contributed by atoms with van der Waals surface area (Å²) >= 11 is 1.03. The van der Waals surface area contributed by atoms with E-state index in [1.807, 2.05) is 6.92 Å². The number of benzene rings is 2. The molecule has 1 aliphatic rings. The molecule has 1 fully saturated rings. The standard InChI is InChI=1S/C21H22N2O5S2/c1-5-23-20(24)19(13-15-8-11-17(27-3)18(12-15)28-4)29-21(23)22-30(25,26)16-9-6-14(2)7-10-16/h6-13H,5H2,1-4H3/b19-13+,22-21?. The Morgan fingerprint density at radius 2 is 1.73 bits per heavy atom. The molecule has 1 aliphatic heterocycles. The van der Waals surface area contributed by atoms with Crippen molar-refractivity contribution in [3.63, 3.8) is 0 Å². The van der Waals surface area contributed by atoms with Crippen LogP contribution < -0.4 is 9.47 Å². The number of sulfonamides is 1. The van der Waals surface area contributed by atoms with Gasteiger partial charge < -0.3 is 9.47 Å². The molecule has 7 nitrogen and oxygen atoms in total. The number of aryl methyl sites for hydroxylation is 1. The lowest BCUT2D eigenvalue weighted by molar-refractivity contribution is -0.122. The Labute approximate surface area is 180 Å². The Kier molecular flexibility index (Phi) is 6.52. The molecule has 1 amide bonds. The van der Waals surface area contributed by atoms with Crippen LogP contribution in [0.25, 0.3) is 6.08 Å². The fourth-order valence-electron chi connectivity index (χ4n) is 2.81. The summed E-state index contributed by atoms with van der Waals surface area (Å²) in [4.78, 5) is 14.6. The Balaban J connectivity index is 1.96. The van der Waals surface area contributed by atoms with Gasteiger partial charge in [-0.2, -0.15) is 8.42 Å². The number of amidine groups is 1. The summed E-state index contributed by atoms with van der Waals surface area (Å²) in [5.74, 6) is 0.812. The van der Waals surface area contributed by atoms with Crippen LogP contribution in [0.3, 0.4) is 0 Å². The molecule has 0 N–H and O–H groups in total. The number of ether oxygens (including phenoxy) is 2. The number of hydrogen-bond acceptors (Lipinski definition) is 6. The minimum Gasteiger partial charge on any atom is -0.493 e. The highest BCUT2D eigenvalue weighted by Gasteiger charge is 2.34. The number of carbonyl (C=O) groups is 1. The van der Waals surface area contributed by atoms with Crippen molar-refractivity contribution in [2.24, 2.45) is 4.40 Å². The third kappa shape index (κ3) is 4.52. The first kappa shape index (κ1) is 21.9. The van der Waals surface area contributed by atoms with Gasteiger partial charge in [-0.1, -0.05) is 23.8 Å². The molecule has 0 radical (unpaired) electrons. The molecule has 0 atom stereocenters. The lowest BCUT2D eigenvalue weighted by atomic mass is 10.2. The molecule has 0 bridgehead atoms. The van der Waals surface area contributed by atoms with Crippen molar-refractivity contribution >= 4 is 38.9 Å². The third-order valence-corrected chi connectivity index (χ3v) is 6.83. The number of nitrogens with zero attached hydrogens (tertiary/aromatic N) is 2. The highest BCUT2D eigenvalue weighted by Crippen LogP contribution is 2.35. The van der Waals surface area contributed by atoms with Crippen molar-refractivity contribution < 1.29 is 22.7 Å². The molecule has 0 aromatic heterocycles. The van der Waals surface area contributed by atoms with Gasteiger partial charge in [0, 0.05) is 6.54 Å². The van der Waals surface area contributed by atoms with Crippen LogP contribution in [0.4, 0.5) is 0 Å². The summed E-state index contributed by atoms with van der Waals surface area (Å²) in [5.41, 5.74) is 1.67. The smallest absolute Gasteiger partial charge is 0.284 e. The number of methoxy groups -OCH3 is 2. The van der Waals surface area contributed by atoms with E-state index in [-0.39, 0.29) is 16.0 Å². The van der Waals surface area contributed by atoms with Gasteiger partial charge >= 0.3 is 0 Å². The van der Waals surface area contributed by atoms with Gasteiger partial charge in [0.1, 0.15) is 0 Å². The molecule has 0 saturated carbocycles. The van der Waals surface area contributed by atoms with Crippen LogP contribution in [0, 0.1) is 6.92 Å². The molecule has 30 heavy (non-hydrogen) atoms. The van der Waals surface area contributed by atoms with Gasteiger partial charge in [0.2, 0.25) is 0 Å². The van der Waals surface area contributed by atoms with E-state index in [2.05, 4.69) is 4.40 Å². The SMILES string of the molecule is CCN1C(=O)/C(=C\c2ccc(OC)c(OC)c2)SC1=NS(=O)(=O)c1ccc(C)cc1. The van der Waals surface area contributed by atoms with E-state index < -0.39 is 10.0 Å². The average Bonchev–Trinajstić information content (AvgIpc) is 3.01. The normalized spacial score (nSPS) is 17.1. The zero-order valence-corrected chi connectivity index (χ0v) is 18.7. The van der Waals surface area contributed by atoms with Crippen molar-refractivity contribution in [3.05, 3.63) is 58.5 Å². The Bertz CT molecular complexity index is 1120. The van der Waals surface area contributed by atoms with Crippen molar-refractivity contribution in [1.29, 1.82) is 0 Å². The van der Waals surface area contributed by atoms with E-state index in [0.717, 1.165) is 22.9 Å². The van der Waals surface area contributed by atoms with Crippen LogP contribution in [-0.4, -0.2) is 45.2 Å². The number of hydrogen-bond donors (Lipinski definition) is 0. The highest BCUT2D eigenvalue weighted by atomic mass is 32.2. The quantitative estimate of drug-likeness (QED) is 0.629. The first-order valence-electron chi connectivity index (χ1n) is 9.14. The van der Waals surface area contributed by atoms with Gasteiger partial charge in [-0.15, -0.1) is 4.40 Å². The second-order valence-electron chi connectivity index (χ2n) is 6.44. The largest absolute Gasteiger partial charge is 0.493 e. The first-order valence-corrected chi connectivity index (χ1v) is 11.4. The van der Waals surface area contributed by atoms with Gasteiger partial charge in [-0.05, 0) is 61.5 Å². The number of thioether (sulfide) groups is 1. The summed E-state index contributed by atoms with van der Waals surface area (Å²) in [6.45, 7) is 3.95. The molecule has 9 heteroatoms. The van der Waals surface area contributed by atoms with Crippen molar-refractivity contribution in [2.45, 2.75) is 18.7 Å². The molecular weight excluding hydrogens is 424 g/mol. The first-order chi connectivity index (χ1) is 14.3. The second kappa shape index (κ2) is 8.93. The molecule has 2 aromatic rings. The highest BCUT2D eigenvalue weighted by molar-refractivity contribution is 8.19. The van der Waals surface area contributed by atoms with E-state index in [4.69, 9.17) is 9.47 Å². The minimum absolute atomic E-state index is 0.0852. The molecule has 158 valence electrons. The minimum atomic E-state index is -3.93. The maximum Gasteiger partial charge on any atom is 0.284 e. The number of amides is 1. The van der Waals surface area contributed by atoms with Crippen molar-refractivity contribution in [2.75, 3.05) is 20.8 Å². The Morgan fingerprint density at radius 3 is 2.33 bits per heavy atom. The average molecular weight is 447 g/mol. The van der Waals surface area contributed by atoms with Crippen LogP contribution >= 0.6 is 11.8 Å². The summed E-state index contributed by atoms with van der Waals surface area (Å²) in [7, 11) is -0.858. The number of likely N-dealkylation sites (N-methyl/N-ethyl adjacent to an activating group) is 1. The molecule has 3 rings (SSSR count). The Hall–Kier alpha value is -2.78. The number of carbonyl (C=O) groups excluding carboxylic acids is 1. The maximum absolute atomic E-state index is 12.8. The van der Waals surface area contributed by atoms with Crippen LogP contribution in [-0.2, 0) is 14.8 Å². The topological polar surface area (TPSA) is 85.3 Å². The lowest BCUT2D eigenvalue weighted by Crippen LogP contribution is -2.29. The van der Waals surface area contributed by atoms with Crippen molar-refractivity contribution in [3.8, 4) is 11.5 Å². The summed E-state index contributed by atoms with van der Waals surface area (Å²) in [6, 6.07) is 11.7. The van der Waals surface area contributed by atoms with Crippen LogP contribution in [0.15, 0.2) is 56.7 Å². The summed E-state index contributed by atoms with van der Waals surface area (Å²) in [5, 5.41) is 0.134. The van der Waals surface area contributed by atoms with Crippen LogP contribution in [0.2, 0.25) is 0 Å². The second-order valence-corrected chi connectivity index (χ2v) is 9.05. The molecule has 1 heterocycles. The molecule has 1 saturated heterocycles. The fourth-order valence-corrected chi connectivity index (χ4v) is 5.06. The van der Waals surface area contributed by atoms with Gasteiger partial charge in [-0.25, -0.2) is 0 Å². The van der Waals surface area contributed by atoms with E-state index in [0.29, 0.717) is 22.9 Å². The predicted molar refractivity (Wildman–Crippen MR) is 118 cm³/mol. The summed E-state index contributed by atoms with van der Waals surface area (Å²) < 4.78 is 39.9. The molecule has 0 spiro atoms. The van der Waals surface area contributed by atoms with E-state index in [9.17, 15) is 13.2 Å². The zero-order valence-electron chi connectivity index (χ0n) is 17.1. The van der Waals surface area contributed by atoms with E-state index in [1.165, 1.54) is 24.1 Å². The molecule has 0 aliphatic carbocycles. The van der Waals surface area contributed by atoms with E-state index >= 15 is 0 Å². The lowest BCUT2D eigenvalue weighted by Gasteiger charge is -2.12. The fraction of sp³-hybridized carbons (Fsp3) is 0.238. The van der Waals surface area contributed by atoms with Crippen LogP contribution in [0.1, 0.15) is 18.1 Å². The predicted octanol–water partition coefficient (Wildman–Crippen LogP) is 3.69. The van der Waals surface area contributed by atoms with Gasteiger partial charge in [0.15, 0.2) is 16.7 Å². The van der Waals surface area contributed by atoms with Gasteiger partial charge in [0.05, 0.1) is 24.0 Å². The Morgan fingerprint density at radius 1 is 1.07 bits per heavy atom. The monoisotopic (exact) mass is 446 g/mol.